The molecular weight excluding hydrogens is 424 g/mol. The molecule has 1 saturated carbocycles. The summed E-state index contributed by atoms with van der Waals surface area (Å²) in [5.41, 5.74) is 2.03. The number of amides is 1. The van der Waals surface area contributed by atoms with Crippen LogP contribution in [0.25, 0.3) is 0 Å². The van der Waals surface area contributed by atoms with Crippen molar-refractivity contribution < 1.29 is 13.2 Å². The minimum Gasteiger partial charge on any atom is -0.310 e. The standard InChI is InChI=1S/C24H34N4O3S/c1-17-15-25-28(16-18-5-6-18)22(17)26-23(29)19-11-13-27(14-12-19)32(30,31)21-9-7-20(8-10-21)24(2,3)4/h7-10,15,18-19H,5-6,11-14,16H2,1-4H3,(H,26,29). The summed E-state index contributed by atoms with van der Waals surface area (Å²) in [4.78, 5) is 13.2. The van der Waals surface area contributed by atoms with E-state index in [4.69, 9.17) is 0 Å². The van der Waals surface area contributed by atoms with Crippen molar-refractivity contribution in [3.05, 3.63) is 41.6 Å². The fourth-order valence-corrected chi connectivity index (χ4v) is 5.65. The molecule has 2 fully saturated rings. The number of sulfonamides is 1. The number of piperidine rings is 1. The second-order valence-corrected chi connectivity index (χ2v) is 12.2. The van der Waals surface area contributed by atoms with Crippen LogP contribution in [0.4, 0.5) is 5.82 Å². The van der Waals surface area contributed by atoms with E-state index in [0.717, 1.165) is 23.5 Å². The molecule has 0 radical (unpaired) electrons. The Morgan fingerprint density at radius 2 is 1.72 bits per heavy atom. The highest BCUT2D eigenvalue weighted by atomic mass is 32.2. The average Bonchev–Trinajstić information content (AvgIpc) is 3.52. The van der Waals surface area contributed by atoms with Crippen molar-refractivity contribution in [2.45, 2.75) is 70.2 Å². The van der Waals surface area contributed by atoms with Gasteiger partial charge in [0.25, 0.3) is 0 Å². The van der Waals surface area contributed by atoms with Crippen LogP contribution in [0.3, 0.4) is 0 Å². The van der Waals surface area contributed by atoms with Gasteiger partial charge in [0.1, 0.15) is 5.82 Å². The van der Waals surface area contributed by atoms with Crippen LogP contribution in [0, 0.1) is 18.8 Å². The van der Waals surface area contributed by atoms with Crippen LogP contribution in [0.1, 0.15) is 57.6 Å². The highest BCUT2D eigenvalue weighted by Crippen LogP contribution is 2.32. The Labute approximate surface area is 191 Å². The first-order chi connectivity index (χ1) is 15.1. The maximum atomic E-state index is 13.1. The van der Waals surface area contributed by atoms with Gasteiger partial charge in [-0.1, -0.05) is 32.9 Å². The molecule has 2 aliphatic rings. The fraction of sp³-hybridized carbons (Fsp3) is 0.583. The van der Waals surface area contributed by atoms with Crippen LogP contribution in [-0.4, -0.2) is 41.5 Å². The van der Waals surface area contributed by atoms with E-state index in [9.17, 15) is 13.2 Å². The monoisotopic (exact) mass is 458 g/mol. The van der Waals surface area contributed by atoms with Gasteiger partial charge in [0.15, 0.2) is 0 Å². The zero-order chi connectivity index (χ0) is 23.1. The summed E-state index contributed by atoms with van der Waals surface area (Å²) in [6, 6.07) is 7.16. The van der Waals surface area contributed by atoms with Crippen molar-refractivity contribution in [3.8, 4) is 0 Å². The number of hydrogen-bond donors (Lipinski definition) is 1. The van der Waals surface area contributed by atoms with Crippen LogP contribution in [-0.2, 0) is 26.8 Å². The fourth-order valence-electron chi connectivity index (χ4n) is 4.18. The van der Waals surface area contributed by atoms with E-state index in [-0.39, 0.29) is 17.2 Å². The van der Waals surface area contributed by atoms with E-state index in [1.807, 2.05) is 23.7 Å². The van der Waals surface area contributed by atoms with Crippen molar-refractivity contribution in [3.63, 3.8) is 0 Å². The third kappa shape index (κ3) is 4.91. The van der Waals surface area contributed by atoms with Crippen molar-refractivity contribution in [1.82, 2.24) is 14.1 Å². The molecule has 2 heterocycles. The SMILES string of the molecule is Cc1cnn(CC2CC2)c1NC(=O)C1CCN(S(=O)(=O)c2ccc(C(C)(C)C)cc2)CC1. The Morgan fingerprint density at radius 1 is 1.09 bits per heavy atom. The van der Waals surface area contributed by atoms with E-state index in [1.54, 1.807) is 18.3 Å². The number of nitrogens with one attached hydrogen (secondary N) is 1. The molecule has 0 spiro atoms. The molecule has 1 saturated heterocycles. The van der Waals surface area contributed by atoms with Gasteiger partial charge in [-0.05, 0) is 61.6 Å². The lowest BCUT2D eigenvalue weighted by Crippen LogP contribution is -2.41. The van der Waals surface area contributed by atoms with Crippen LogP contribution >= 0.6 is 0 Å². The predicted molar refractivity (Wildman–Crippen MR) is 125 cm³/mol. The van der Waals surface area contributed by atoms with Crippen molar-refractivity contribution in [1.29, 1.82) is 0 Å². The number of aromatic nitrogens is 2. The zero-order valence-electron chi connectivity index (χ0n) is 19.5. The maximum Gasteiger partial charge on any atom is 0.243 e. The van der Waals surface area contributed by atoms with Crippen LogP contribution in [0.5, 0.6) is 0 Å². The number of nitrogens with zero attached hydrogens (tertiary/aromatic N) is 3. The molecule has 4 rings (SSSR count). The summed E-state index contributed by atoms with van der Waals surface area (Å²) in [7, 11) is -3.56. The average molecular weight is 459 g/mol. The minimum atomic E-state index is -3.56. The zero-order valence-corrected chi connectivity index (χ0v) is 20.3. The first-order valence-corrected chi connectivity index (χ1v) is 12.9. The predicted octanol–water partition coefficient (Wildman–Crippen LogP) is 3.94. The number of aryl methyl sites for hydroxylation is 1. The van der Waals surface area contributed by atoms with E-state index in [0.29, 0.717) is 36.7 Å². The maximum absolute atomic E-state index is 13.1. The molecule has 1 aliphatic heterocycles. The summed E-state index contributed by atoms with van der Waals surface area (Å²) < 4.78 is 29.6. The molecule has 0 atom stereocenters. The Kier molecular flexibility index (Phi) is 6.20. The topological polar surface area (TPSA) is 84.3 Å². The van der Waals surface area contributed by atoms with Crippen LogP contribution in [0.2, 0.25) is 0 Å². The van der Waals surface area contributed by atoms with Crippen molar-refractivity contribution >= 4 is 21.7 Å². The number of carbonyl (C=O) groups excluding carboxylic acids is 1. The van der Waals surface area contributed by atoms with Gasteiger partial charge in [0, 0.05) is 31.1 Å². The van der Waals surface area contributed by atoms with Gasteiger partial charge in [0.05, 0.1) is 11.1 Å². The molecule has 1 aromatic heterocycles. The third-order valence-corrected chi connectivity index (χ3v) is 8.49. The molecule has 0 bridgehead atoms. The van der Waals surface area contributed by atoms with Crippen LogP contribution in [0.15, 0.2) is 35.4 Å². The lowest BCUT2D eigenvalue weighted by Gasteiger charge is -2.30. The summed E-state index contributed by atoms with van der Waals surface area (Å²) in [6.07, 6.45) is 5.26. The Bertz CT molecular complexity index is 1070. The molecule has 8 heteroatoms. The van der Waals surface area contributed by atoms with Gasteiger partial charge in [-0.3, -0.25) is 4.79 Å². The Morgan fingerprint density at radius 3 is 2.28 bits per heavy atom. The van der Waals surface area contributed by atoms with Gasteiger partial charge in [-0.2, -0.15) is 9.40 Å². The van der Waals surface area contributed by atoms with Gasteiger partial charge >= 0.3 is 0 Å². The number of benzene rings is 1. The molecule has 1 aromatic carbocycles. The first kappa shape index (κ1) is 23.0. The second-order valence-electron chi connectivity index (χ2n) is 10.2. The van der Waals surface area contributed by atoms with Gasteiger partial charge < -0.3 is 5.32 Å². The second kappa shape index (κ2) is 8.63. The van der Waals surface area contributed by atoms with Gasteiger partial charge in [0.2, 0.25) is 15.9 Å². The molecule has 1 aliphatic carbocycles. The minimum absolute atomic E-state index is 0.0274. The largest absolute Gasteiger partial charge is 0.310 e. The quantitative estimate of drug-likeness (QED) is 0.711. The Balaban J connectivity index is 1.37. The Hall–Kier alpha value is -2.19. The molecule has 0 unspecified atom stereocenters. The number of carbonyl (C=O) groups is 1. The molecule has 1 amide bonds. The highest BCUT2D eigenvalue weighted by molar-refractivity contribution is 7.89. The van der Waals surface area contributed by atoms with Crippen LogP contribution < -0.4 is 5.32 Å². The normalized spacial score (nSPS) is 18.6. The lowest BCUT2D eigenvalue weighted by atomic mass is 9.87. The summed E-state index contributed by atoms with van der Waals surface area (Å²) >= 11 is 0. The molecular formula is C24H34N4O3S. The van der Waals surface area contributed by atoms with Crippen molar-refractivity contribution in [2.24, 2.45) is 11.8 Å². The van der Waals surface area contributed by atoms with E-state index in [2.05, 4.69) is 31.2 Å². The highest BCUT2D eigenvalue weighted by Gasteiger charge is 2.33. The molecule has 7 nitrogen and oxygen atoms in total. The number of rotatable bonds is 6. The van der Waals surface area contributed by atoms with E-state index in [1.165, 1.54) is 17.1 Å². The third-order valence-electron chi connectivity index (χ3n) is 6.57. The van der Waals surface area contributed by atoms with Crippen molar-refractivity contribution in [2.75, 3.05) is 18.4 Å². The molecule has 2 aromatic rings. The number of hydrogen-bond acceptors (Lipinski definition) is 4. The molecule has 32 heavy (non-hydrogen) atoms. The van der Waals surface area contributed by atoms with Gasteiger partial charge in [-0.15, -0.1) is 0 Å². The summed E-state index contributed by atoms with van der Waals surface area (Å²) in [6.45, 7) is 9.80. The summed E-state index contributed by atoms with van der Waals surface area (Å²) in [5, 5.41) is 7.47. The smallest absolute Gasteiger partial charge is 0.243 e. The van der Waals surface area contributed by atoms with Gasteiger partial charge in [-0.25, -0.2) is 13.1 Å². The van der Waals surface area contributed by atoms with E-state index < -0.39 is 10.0 Å². The number of anilines is 1. The molecule has 1 N–H and O–H groups in total. The summed E-state index contributed by atoms with van der Waals surface area (Å²) in [5.74, 6) is 1.19. The lowest BCUT2D eigenvalue weighted by molar-refractivity contribution is -0.121. The molecule has 174 valence electrons. The first-order valence-electron chi connectivity index (χ1n) is 11.5. The van der Waals surface area contributed by atoms with E-state index >= 15 is 0 Å².